The van der Waals surface area contributed by atoms with Crippen LogP contribution in [-0.2, 0) is 17.8 Å². The number of unbranched alkanes of at least 4 members (excludes halogenated alkanes) is 1. The fourth-order valence-electron chi connectivity index (χ4n) is 3.03. The van der Waals surface area contributed by atoms with E-state index in [1.54, 1.807) is 11.3 Å². The van der Waals surface area contributed by atoms with Crippen molar-refractivity contribution in [2.24, 2.45) is 0 Å². The molecular formula is C22H27N3OS. The average molecular weight is 382 g/mol. The number of anilines is 1. The number of fused-ring (bicyclic) bond motifs is 1. The molecule has 0 saturated heterocycles. The van der Waals surface area contributed by atoms with Crippen molar-refractivity contribution in [3.05, 3.63) is 59.1 Å². The highest BCUT2D eigenvalue weighted by Gasteiger charge is 2.10. The molecule has 5 heteroatoms. The maximum atomic E-state index is 12.4. The van der Waals surface area contributed by atoms with Gasteiger partial charge >= 0.3 is 0 Å². The van der Waals surface area contributed by atoms with E-state index in [-0.39, 0.29) is 5.91 Å². The van der Waals surface area contributed by atoms with Crippen LogP contribution in [-0.4, -0.2) is 36.9 Å². The van der Waals surface area contributed by atoms with Crippen LogP contribution in [0, 0.1) is 0 Å². The van der Waals surface area contributed by atoms with E-state index in [1.807, 2.05) is 38.2 Å². The molecule has 1 aromatic heterocycles. The lowest BCUT2D eigenvalue weighted by molar-refractivity contribution is -0.130. The van der Waals surface area contributed by atoms with Crippen molar-refractivity contribution in [3.63, 3.8) is 0 Å². The van der Waals surface area contributed by atoms with Crippen LogP contribution in [0.3, 0.4) is 0 Å². The van der Waals surface area contributed by atoms with Gasteiger partial charge in [0.1, 0.15) is 0 Å². The van der Waals surface area contributed by atoms with E-state index >= 15 is 0 Å². The number of aryl methyl sites for hydroxylation is 1. The highest BCUT2D eigenvalue weighted by atomic mass is 32.1. The van der Waals surface area contributed by atoms with Crippen LogP contribution >= 0.6 is 11.3 Å². The molecule has 3 aromatic rings. The minimum atomic E-state index is 0.205. The molecule has 0 fully saturated rings. The molecule has 2 aromatic carbocycles. The van der Waals surface area contributed by atoms with Crippen molar-refractivity contribution < 1.29 is 4.79 Å². The quantitative estimate of drug-likeness (QED) is 0.529. The smallest absolute Gasteiger partial charge is 0.222 e. The number of benzene rings is 2. The predicted molar refractivity (Wildman–Crippen MR) is 114 cm³/mol. The van der Waals surface area contributed by atoms with Crippen LogP contribution < -0.4 is 4.90 Å². The van der Waals surface area contributed by atoms with Gasteiger partial charge in [0.05, 0.1) is 15.2 Å². The molecule has 0 spiro atoms. The first kappa shape index (κ1) is 19.4. The Morgan fingerprint density at radius 1 is 1.00 bits per heavy atom. The molecule has 0 aliphatic rings. The molecule has 142 valence electrons. The van der Waals surface area contributed by atoms with Gasteiger partial charge in [-0.25, -0.2) is 4.98 Å². The van der Waals surface area contributed by atoms with Crippen LogP contribution in [0.4, 0.5) is 5.69 Å². The van der Waals surface area contributed by atoms with Gasteiger partial charge in [0.2, 0.25) is 5.91 Å². The molecule has 0 radical (unpaired) electrons. The Hall–Kier alpha value is -2.40. The highest BCUT2D eigenvalue weighted by molar-refractivity contribution is 7.18. The van der Waals surface area contributed by atoms with Crippen molar-refractivity contribution in [2.45, 2.75) is 32.2 Å². The fourth-order valence-corrected chi connectivity index (χ4v) is 4.04. The van der Waals surface area contributed by atoms with Gasteiger partial charge in [-0.2, -0.15) is 0 Å². The lowest BCUT2D eigenvalue weighted by Crippen LogP contribution is -2.25. The molecular weight excluding hydrogens is 354 g/mol. The van der Waals surface area contributed by atoms with Crippen molar-refractivity contribution >= 4 is 33.1 Å². The second-order valence-electron chi connectivity index (χ2n) is 7.09. The van der Waals surface area contributed by atoms with Crippen LogP contribution in [0.15, 0.2) is 48.5 Å². The number of aromatic nitrogens is 1. The van der Waals surface area contributed by atoms with Crippen molar-refractivity contribution in [1.29, 1.82) is 0 Å². The minimum absolute atomic E-state index is 0.205. The van der Waals surface area contributed by atoms with E-state index in [0.717, 1.165) is 35.4 Å². The second kappa shape index (κ2) is 9.00. The minimum Gasteiger partial charge on any atom is -0.378 e. The molecule has 0 aliphatic carbocycles. The number of rotatable bonds is 8. The van der Waals surface area contributed by atoms with Crippen molar-refractivity contribution in [1.82, 2.24) is 9.88 Å². The zero-order valence-electron chi connectivity index (χ0n) is 16.3. The van der Waals surface area contributed by atoms with E-state index in [9.17, 15) is 4.79 Å². The van der Waals surface area contributed by atoms with Gasteiger partial charge in [-0.1, -0.05) is 24.3 Å². The molecule has 3 rings (SSSR count). The Balaban J connectivity index is 1.41. The molecule has 0 bridgehead atoms. The zero-order chi connectivity index (χ0) is 19.2. The maximum Gasteiger partial charge on any atom is 0.222 e. The third-order valence-corrected chi connectivity index (χ3v) is 5.76. The molecule has 1 heterocycles. The molecule has 0 atom stereocenters. The summed E-state index contributed by atoms with van der Waals surface area (Å²) in [5, 5.41) is 1.16. The number of nitrogens with zero attached hydrogens (tertiary/aromatic N) is 3. The first-order chi connectivity index (χ1) is 13.0. The van der Waals surface area contributed by atoms with Gasteiger partial charge in [-0.3, -0.25) is 4.79 Å². The summed E-state index contributed by atoms with van der Waals surface area (Å²) >= 11 is 1.76. The Bertz CT molecular complexity index is 853. The zero-order valence-corrected chi connectivity index (χ0v) is 17.1. The number of amides is 1. The number of carbonyl (C=O) groups excluding carboxylic acids is 1. The first-order valence-corrected chi connectivity index (χ1v) is 10.2. The van der Waals surface area contributed by atoms with Crippen molar-refractivity contribution in [2.75, 3.05) is 26.0 Å². The summed E-state index contributed by atoms with van der Waals surface area (Å²) < 4.78 is 1.24. The fraction of sp³-hybridized carbons (Fsp3) is 0.364. The maximum absolute atomic E-state index is 12.4. The second-order valence-corrected chi connectivity index (χ2v) is 8.21. The van der Waals surface area contributed by atoms with Gasteiger partial charge in [-0.05, 0) is 49.1 Å². The van der Waals surface area contributed by atoms with Gasteiger partial charge in [-0.15, -0.1) is 11.3 Å². The summed E-state index contributed by atoms with van der Waals surface area (Å²) in [5.41, 5.74) is 3.40. The summed E-state index contributed by atoms with van der Waals surface area (Å²) in [4.78, 5) is 20.9. The lowest BCUT2D eigenvalue weighted by atomic mass is 10.1. The van der Waals surface area contributed by atoms with E-state index in [2.05, 4.69) is 46.3 Å². The Labute approximate surface area is 165 Å². The third-order valence-electron chi connectivity index (χ3n) is 4.67. The number of carbonyl (C=O) groups is 1. The summed E-state index contributed by atoms with van der Waals surface area (Å²) in [5.74, 6) is 0.205. The standard InChI is InChI=1S/C22H27N3OS/c1-24(2)18-14-12-17(13-15-18)16-25(3)22(26)11-7-6-10-21-23-19-8-4-5-9-20(19)27-21/h4-5,8-9,12-15H,6-7,10-11,16H2,1-3H3. The summed E-state index contributed by atoms with van der Waals surface area (Å²) in [6.45, 7) is 0.657. The third kappa shape index (κ3) is 5.30. The largest absolute Gasteiger partial charge is 0.378 e. The summed E-state index contributed by atoms with van der Waals surface area (Å²) in [7, 11) is 5.94. The SMILES string of the molecule is CN(Cc1ccc(N(C)C)cc1)C(=O)CCCCc1nc2ccccc2s1. The average Bonchev–Trinajstić information content (AvgIpc) is 3.08. The molecule has 4 nitrogen and oxygen atoms in total. The Morgan fingerprint density at radius 3 is 2.44 bits per heavy atom. The Morgan fingerprint density at radius 2 is 1.74 bits per heavy atom. The molecule has 0 unspecified atom stereocenters. The van der Waals surface area contributed by atoms with E-state index in [1.165, 1.54) is 10.4 Å². The number of para-hydroxylation sites is 1. The number of hydrogen-bond donors (Lipinski definition) is 0. The van der Waals surface area contributed by atoms with Crippen LogP contribution in [0.1, 0.15) is 29.8 Å². The van der Waals surface area contributed by atoms with Crippen molar-refractivity contribution in [3.8, 4) is 0 Å². The normalized spacial score (nSPS) is 10.9. The van der Waals surface area contributed by atoms with Crippen LogP contribution in [0.2, 0.25) is 0 Å². The number of thiazole rings is 1. The number of hydrogen-bond acceptors (Lipinski definition) is 4. The summed E-state index contributed by atoms with van der Waals surface area (Å²) in [6.07, 6.45) is 3.44. The molecule has 0 saturated carbocycles. The molecule has 1 amide bonds. The van der Waals surface area contributed by atoms with Gasteiger partial charge in [0, 0.05) is 39.8 Å². The Kier molecular flexibility index (Phi) is 6.45. The topological polar surface area (TPSA) is 36.4 Å². The first-order valence-electron chi connectivity index (χ1n) is 9.37. The van der Waals surface area contributed by atoms with Gasteiger partial charge in [0.25, 0.3) is 0 Å². The van der Waals surface area contributed by atoms with E-state index in [0.29, 0.717) is 13.0 Å². The molecule has 0 aliphatic heterocycles. The van der Waals surface area contributed by atoms with Crippen LogP contribution in [0.25, 0.3) is 10.2 Å². The molecule has 27 heavy (non-hydrogen) atoms. The predicted octanol–water partition coefficient (Wildman–Crippen LogP) is 4.73. The highest BCUT2D eigenvalue weighted by Crippen LogP contribution is 2.23. The van der Waals surface area contributed by atoms with Gasteiger partial charge < -0.3 is 9.80 Å². The van der Waals surface area contributed by atoms with E-state index in [4.69, 9.17) is 0 Å². The molecule has 0 N–H and O–H groups in total. The summed E-state index contributed by atoms with van der Waals surface area (Å²) in [6, 6.07) is 16.6. The lowest BCUT2D eigenvalue weighted by Gasteiger charge is -2.18. The van der Waals surface area contributed by atoms with E-state index < -0.39 is 0 Å². The van der Waals surface area contributed by atoms with Crippen LogP contribution in [0.5, 0.6) is 0 Å². The monoisotopic (exact) mass is 381 g/mol. The van der Waals surface area contributed by atoms with Gasteiger partial charge in [0.15, 0.2) is 0 Å².